The second kappa shape index (κ2) is 8.37. The lowest BCUT2D eigenvalue weighted by molar-refractivity contribution is -0.660. The maximum absolute atomic E-state index is 10.1. The van der Waals surface area contributed by atoms with Gasteiger partial charge >= 0.3 is 0 Å². The molecule has 0 saturated carbocycles. The average Bonchev–Trinajstić information content (AvgIpc) is 3.45. The number of fused-ring (bicyclic) bond motifs is 3. The van der Waals surface area contributed by atoms with Gasteiger partial charge in [0.05, 0.1) is 17.2 Å². The van der Waals surface area contributed by atoms with Crippen LogP contribution < -0.4 is 4.57 Å². The average molecular weight is 459 g/mol. The lowest BCUT2D eigenvalue weighted by atomic mass is 9.95. The molecule has 4 nitrogen and oxygen atoms in total. The summed E-state index contributed by atoms with van der Waals surface area (Å²) in [5.74, 6) is 0. The zero-order valence-electron chi connectivity index (χ0n) is 20.3. The van der Waals surface area contributed by atoms with Gasteiger partial charge in [-0.2, -0.15) is 5.26 Å². The summed E-state index contributed by atoms with van der Waals surface area (Å²) in [5.41, 5.74) is 8.15. The van der Waals surface area contributed by atoms with Crippen molar-refractivity contribution in [1.82, 2.24) is 4.90 Å². The molecule has 1 aliphatic rings. The minimum absolute atomic E-state index is 0.122. The molecule has 1 fully saturated rings. The summed E-state index contributed by atoms with van der Waals surface area (Å²) in [4.78, 5) is 2.42. The number of rotatable bonds is 3. The largest absolute Gasteiger partial charge is 0.455 e. The Bertz CT molecular complexity index is 1610. The predicted octanol–water partition coefficient (Wildman–Crippen LogP) is 6.77. The predicted molar refractivity (Wildman–Crippen MR) is 139 cm³/mol. The molecule has 172 valence electrons. The van der Waals surface area contributed by atoms with Crippen LogP contribution in [0, 0.1) is 18.3 Å². The Kier molecular flexibility index (Phi) is 5.16. The maximum atomic E-state index is 10.1. The number of benzene rings is 3. The molecule has 4 heteroatoms. The molecule has 2 aromatic heterocycles. The molecule has 3 heterocycles. The van der Waals surface area contributed by atoms with Crippen LogP contribution in [0.25, 0.3) is 33.2 Å². The zero-order valence-corrected chi connectivity index (χ0v) is 20.3. The highest BCUT2D eigenvalue weighted by atomic mass is 16.3. The van der Waals surface area contributed by atoms with Crippen LogP contribution in [0.4, 0.5) is 0 Å². The van der Waals surface area contributed by atoms with Crippen LogP contribution in [0.5, 0.6) is 0 Å². The van der Waals surface area contributed by atoms with E-state index in [4.69, 9.17) is 4.42 Å². The van der Waals surface area contributed by atoms with Crippen molar-refractivity contribution in [3.8, 4) is 17.3 Å². The smallest absolute Gasteiger partial charge is 0.216 e. The van der Waals surface area contributed by atoms with Gasteiger partial charge in [0.15, 0.2) is 6.20 Å². The van der Waals surface area contributed by atoms with Crippen molar-refractivity contribution in [3.63, 3.8) is 0 Å². The van der Waals surface area contributed by atoms with Crippen LogP contribution in [0.2, 0.25) is 0 Å². The van der Waals surface area contributed by atoms with Crippen LogP contribution in [0.3, 0.4) is 0 Å². The van der Waals surface area contributed by atoms with Gasteiger partial charge in [0, 0.05) is 40.6 Å². The van der Waals surface area contributed by atoms with Crippen molar-refractivity contribution < 1.29 is 8.98 Å². The molecule has 2 unspecified atom stereocenters. The van der Waals surface area contributed by atoms with Gasteiger partial charge in [-0.15, -0.1) is 0 Å². The van der Waals surface area contributed by atoms with Crippen LogP contribution in [-0.2, 0) is 7.05 Å². The van der Waals surface area contributed by atoms with E-state index in [0.717, 1.165) is 51.6 Å². The third kappa shape index (κ3) is 3.35. The number of aryl methyl sites for hydroxylation is 2. The standard InChI is InChI=1S/C31H28N3O/c1-20-12-14-23-24-15-13-22(19-32)29(27-17-16-25(34(27)3)21-9-5-4-6-10-21)31(24)35-30(23)28(20)26-11-7-8-18-33(26)2/h4-15,18,25,27H,16-17H2,1-3H3/q+1. The highest BCUT2D eigenvalue weighted by Gasteiger charge is 2.36. The molecule has 3 aromatic carbocycles. The first-order chi connectivity index (χ1) is 17.1. The molecule has 1 saturated heterocycles. The maximum Gasteiger partial charge on any atom is 0.216 e. The SMILES string of the molecule is Cc1ccc2c(oc3c(C4CCC(c5ccccc5)N4C)c(C#N)ccc32)c1-c1cccc[n+]1C. The number of likely N-dealkylation sites (tertiary alicyclic amines) is 1. The van der Waals surface area contributed by atoms with E-state index in [1.807, 2.05) is 12.1 Å². The lowest BCUT2D eigenvalue weighted by Crippen LogP contribution is -2.30. The fraction of sp³-hybridized carbons (Fsp3) is 0.226. The molecule has 0 N–H and O–H groups in total. The summed E-state index contributed by atoms with van der Waals surface area (Å²) in [6.45, 7) is 2.13. The lowest BCUT2D eigenvalue weighted by Gasteiger charge is -2.27. The Labute approximate surface area is 205 Å². The molecule has 6 rings (SSSR count). The molecule has 35 heavy (non-hydrogen) atoms. The highest BCUT2D eigenvalue weighted by Crippen LogP contribution is 2.47. The van der Waals surface area contributed by atoms with Crippen molar-refractivity contribution in [2.45, 2.75) is 31.8 Å². The first-order valence-electron chi connectivity index (χ1n) is 12.2. The highest BCUT2D eigenvalue weighted by molar-refractivity contribution is 6.11. The van der Waals surface area contributed by atoms with Crippen LogP contribution in [0.1, 0.15) is 47.2 Å². The Morgan fingerprint density at radius 3 is 2.37 bits per heavy atom. The van der Waals surface area contributed by atoms with Gasteiger partial charge in [0.2, 0.25) is 5.69 Å². The Balaban J connectivity index is 1.58. The number of hydrogen-bond acceptors (Lipinski definition) is 3. The molecule has 2 atom stereocenters. The fourth-order valence-corrected chi connectivity index (χ4v) is 5.92. The van der Waals surface area contributed by atoms with Crippen molar-refractivity contribution in [2.24, 2.45) is 7.05 Å². The molecular weight excluding hydrogens is 430 g/mol. The molecule has 0 radical (unpaired) electrons. The van der Waals surface area contributed by atoms with Gasteiger partial charge in [-0.05, 0) is 56.1 Å². The van der Waals surface area contributed by atoms with Crippen molar-refractivity contribution in [1.29, 1.82) is 5.26 Å². The molecule has 0 amide bonds. The van der Waals surface area contributed by atoms with E-state index < -0.39 is 0 Å². The van der Waals surface area contributed by atoms with E-state index in [-0.39, 0.29) is 6.04 Å². The molecule has 0 bridgehead atoms. The monoisotopic (exact) mass is 458 g/mol. The number of hydrogen-bond donors (Lipinski definition) is 0. The van der Waals surface area contributed by atoms with E-state index in [0.29, 0.717) is 11.6 Å². The Morgan fingerprint density at radius 1 is 0.886 bits per heavy atom. The first-order valence-corrected chi connectivity index (χ1v) is 12.2. The van der Waals surface area contributed by atoms with Crippen LogP contribution in [-0.4, -0.2) is 11.9 Å². The van der Waals surface area contributed by atoms with Crippen LogP contribution in [0.15, 0.2) is 83.4 Å². The number of nitriles is 1. The normalized spacial score (nSPS) is 18.3. The third-order valence-corrected chi connectivity index (χ3v) is 7.70. The molecule has 5 aromatic rings. The van der Waals surface area contributed by atoms with Gasteiger partial charge in [0.25, 0.3) is 0 Å². The molecule has 0 aliphatic carbocycles. The first kappa shape index (κ1) is 21.6. The summed E-state index contributed by atoms with van der Waals surface area (Å²) in [5, 5.41) is 12.2. The van der Waals surface area contributed by atoms with Crippen LogP contribution >= 0.6 is 0 Å². The second-order valence-electron chi connectivity index (χ2n) is 9.63. The van der Waals surface area contributed by atoms with E-state index in [2.05, 4.69) is 103 Å². The van der Waals surface area contributed by atoms with E-state index >= 15 is 0 Å². The third-order valence-electron chi connectivity index (χ3n) is 7.70. The fourth-order valence-electron chi connectivity index (χ4n) is 5.92. The van der Waals surface area contributed by atoms with Gasteiger partial charge in [0.1, 0.15) is 18.2 Å². The number of aromatic nitrogens is 1. The van der Waals surface area contributed by atoms with Crippen molar-refractivity contribution in [3.05, 3.63) is 101 Å². The molecular formula is C31H28N3O+. The van der Waals surface area contributed by atoms with Crippen molar-refractivity contribution >= 4 is 21.9 Å². The van der Waals surface area contributed by atoms with E-state index in [9.17, 15) is 5.26 Å². The van der Waals surface area contributed by atoms with Gasteiger partial charge in [-0.1, -0.05) is 42.5 Å². The summed E-state index contributed by atoms with van der Waals surface area (Å²) in [7, 11) is 4.24. The Morgan fingerprint density at radius 2 is 1.60 bits per heavy atom. The summed E-state index contributed by atoms with van der Waals surface area (Å²) in [6, 6.07) is 28.2. The molecule has 0 spiro atoms. The molecule has 1 aliphatic heterocycles. The summed E-state index contributed by atoms with van der Waals surface area (Å²) < 4.78 is 8.89. The van der Waals surface area contributed by atoms with Crippen molar-refractivity contribution in [2.75, 3.05) is 7.05 Å². The minimum atomic E-state index is 0.122. The van der Waals surface area contributed by atoms with E-state index in [1.165, 1.54) is 11.1 Å². The summed E-state index contributed by atoms with van der Waals surface area (Å²) in [6.07, 6.45) is 4.10. The van der Waals surface area contributed by atoms with Gasteiger partial charge < -0.3 is 4.42 Å². The number of furan rings is 1. The van der Waals surface area contributed by atoms with E-state index in [1.54, 1.807) is 0 Å². The number of nitrogens with zero attached hydrogens (tertiary/aromatic N) is 3. The Hall–Kier alpha value is -3.94. The summed E-state index contributed by atoms with van der Waals surface area (Å²) >= 11 is 0. The zero-order chi connectivity index (χ0) is 24.1. The second-order valence-corrected chi connectivity index (χ2v) is 9.63. The van der Waals surface area contributed by atoms with Gasteiger partial charge in [-0.25, -0.2) is 4.57 Å². The quantitative estimate of drug-likeness (QED) is 0.280. The topological polar surface area (TPSA) is 44.1 Å². The minimum Gasteiger partial charge on any atom is -0.455 e. The number of pyridine rings is 1. The van der Waals surface area contributed by atoms with Gasteiger partial charge in [-0.3, -0.25) is 4.90 Å².